The zero-order chi connectivity index (χ0) is 13.4. The Hall–Kier alpha value is -0.970. The molecule has 18 heavy (non-hydrogen) atoms. The van der Waals surface area contributed by atoms with E-state index in [1.165, 1.54) is 11.1 Å². The van der Waals surface area contributed by atoms with Gasteiger partial charge in [-0.25, -0.2) is 0 Å². The molecule has 0 bridgehead atoms. The van der Waals surface area contributed by atoms with Gasteiger partial charge in [0.2, 0.25) is 0 Å². The largest absolute Gasteiger partial charge is 0.380 e. The smallest absolute Gasteiger partial charge is 0.0593 e. The number of hydrogen-bond acceptors (Lipinski definition) is 4. The molecule has 1 aromatic heterocycles. The fourth-order valence-electron chi connectivity index (χ4n) is 2.16. The van der Waals surface area contributed by atoms with Crippen LogP contribution in [0.25, 0.3) is 0 Å². The maximum Gasteiger partial charge on any atom is 0.0593 e. The standard InChI is InChI=1S/C14H25N3O/c1-4-17(8-9-18-5-2)14(10-15)13-11-16-7-6-12(13)3/h6-7,11,14H,4-5,8-10,15H2,1-3H3. The van der Waals surface area contributed by atoms with Crippen LogP contribution in [0.5, 0.6) is 0 Å². The van der Waals surface area contributed by atoms with Crippen LogP contribution in [0.4, 0.5) is 0 Å². The van der Waals surface area contributed by atoms with E-state index in [0.29, 0.717) is 6.54 Å². The molecule has 0 aliphatic heterocycles. The Balaban J connectivity index is 2.76. The van der Waals surface area contributed by atoms with Crippen LogP contribution in [0.3, 0.4) is 0 Å². The van der Waals surface area contributed by atoms with E-state index in [1.54, 1.807) is 0 Å². The molecule has 0 saturated carbocycles. The van der Waals surface area contributed by atoms with Gasteiger partial charge in [0.15, 0.2) is 0 Å². The third-order valence-electron chi connectivity index (χ3n) is 3.24. The van der Waals surface area contributed by atoms with Crippen LogP contribution in [0.1, 0.15) is 31.0 Å². The van der Waals surface area contributed by atoms with Gasteiger partial charge >= 0.3 is 0 Å². The SMILES string of the molecule is CCOCCN(CC)C(CN)c1cnccc1C. The van der Waals surface area contributed by atoms with Crippen molar-refractivity contribution in [1.82, 2.24) is 9.88 Å². The van der Waals surface area contributed by atoms with Crippen LogP contribution in [-0.4, -0.2) is 42.7 Å². The summed E-state index contributed by atoms with van der Waals surface area (Å²) < 4.78 is 5.43. The van der Waals surface area contributed by atoms with E-state index >= 15 is 0 Å². The number of aryl methyl sites for hydroxylation is 1. The second-order valence-corrected chi connectivity index (χ2v) is 4.31. The first kappa shape index (κ1) is 15.1. The molecule has 0 aliphatic carbocycles. The first-order valence-corrected chi connectivity index (χ1v) is 6.66. The summed E-state index contributed by atoms with van der Waals surface area (Å²) in [6.07, 6.45) is 3.75. The summed E-state index contributed by atoms with van der Waals surface area (Å²) in [5.41, 5.74) is 8.41. The number of likely N-dealkylation sites (N-methyl/N-ethyl adjacent to an activating group) is 1. The fourth-order valence-corrected chi connectivity index (χ4v) is 2.16. The van der Waals surface area contributed by atoms with E-state index in [9.17, 15) is 0 Å². The number of hydrogen-bond donors (Lipinski definition) is 1. The molecule has 1 heterocycles. The first-order chi connectivity index (χ1) is 8.74. The van der Waals surface area contributed by atoms with Crippen LogP contribution in [-0.2, 0) is 4.74 Å². The molecular formula is C14H25N3O. The van der Waals surface area contributed by atoms with E-state index in [-0.39, 0.29) is 6.04 Å². The van der Waals surface area contributed by atoms with Gasteiger partial charge in [0.05, 0.1) is 6.61 Å². The van der Waals surface area contributed by atoms with Gasteiger partial charge < -0.3 is 10.5 Å². The van der Waals surface area contributed by atoms with Gasteiger partial charge in [-0.2, -0.15) is 0 Å². The molecule has 102 valence electrons. The molecule has 0 spiro atoms. The van der Waals surface area contributed by atoms with Crippen molar-refractivity contribution < 1.29 is 4.74 Å². The summed E-state index contributed by atoms with van der Waals surface area (Å²) in [5, 5.41) is 0. The minimum absolute atomic E-state index is 0.226. The Bertz CT molecular complexity index is 344. The number of rotatable bonds is 8. The van der Waals surface area contributed by atoms with Crippen molar-refractivity contribution in [2.24, 2.45) is 5.73 Å². The van der Waals surface area contributed by atoms with E-state index in [4.69, 9.17) is 10.5 Å². The number of nitrogens with zero attached hydrogens (tertiary/aromatic N) is 2. The molecule has 1 rings (SSSR count). The van der Waals surface area contributed by atoms with E-state index in [0.717, 1.165) is 26.3 Å². The fraction of sp³-hybridized carbons (Fsp3) is 0.643. The lowest BCUT2D eigenvalue weighted by molar-refractivity contribution is 0.0978. The monoisotopic (exact) mass is 251 g/mol. The number of pyridine rings is 1. The molecule has 0 saturated heterocycles. The number of ether oxygens (including phenoxy) is 1. The topological polar surface area (TPSA) is 51.4 Å². The van der Waals surface area contributed by atoms with E-state index in [2.05, 4.69) is 23.7 Å². The summed E-state index contributed by atoms with van der Waals surface area (Å²) in [4.78, 5) is 6.56. The number of nitrogens with two attached hydrogens (primary N) is 1. The zero-order valence-corrected chi connectivity index (χ0v) is 11.7. The quantitative estimate of drug-likeness (QED) is 0.715. The highest BCUT2D eigenvalue weighted by Crippen LogP contribution is 2.21. The van der Waals surface area contributed by atoms with Gasteiger partial charge in [0.25, 0.3) is 0 Å². The highest BCUT2D eigenvalue weighted by Gasteiger charge is 2.19. The minimum Gasteiger partial charge on any atom is -0.380 e. The van der Waals surface area contributed by atoms with Crippen LogP contribution in [0.15, 0.2) is 18.5 Å². The van der Waals surface area contributed by atoms with E-state index in [1.807, 2.05) is 25.4 Å². The van der Waals surface area contributed by atoms with Crippen molar-refractivity contribution in [3.05, 3.63) is 29.6 Å². The second-order valence-electron chi connectivity index (χ2n) is 4.31. The van der Waals surface area contributed by atoms with Crippen LogP contribution >= 0.6 is 0 Å². The molecule has 0 amide bonds. The van der Waals surface area contributed by atoms with Crippen molar-refractivity contribution >= 4 is 0 Å². The summed E-state index contributed by atoms with van der Waals surface area (Å²) in [5.74, 6) is 0. The molecule has 0 aromatic carbocycles. The molecule has 0 fully saturated rings. The van der Waals surface area contributed by atoms with Crippen molar-refractivity contribution in [3.8, 4) is 0 Å². The van der Waals surface area contributed by atoms with Gasteiger partial charge in [-0.05, 0) is 37.6 Å². The van der Waals surface area contributed by atoms with Gasteiger partial charge in [-0.15, -0.1) is 0 Å². The van der Waals surface area contributed by atoms with Crippen molar-refractivity contribution in [1.29, 1.82) is 0 Å². The van der Waals surface area contributed by atoms with Crippen LogP contribution < -0.4 is 5.73 Å². The minimum atomic E-state index is 0.226. The number of aromatic nitrogens is 1. The molecular weight excluding hydrogens is 226 g/mol. The maximum absolute atomic E-state index is 5.94. The summed E-state index contributed by atoms with van der Waals surface area (Å²) in [7, 11) is 0. The van der Waals surface area contributed by atoms with Crippen molar-refractivity contribution in [2.45, 2.75) is 26.8 Å². The predicted octanol–water partition coefficient (Wildman–Crippen LogP) is 1.75. The van der Waals surface area contributed by atoms with Gasteiger partial charge in [-0.1, -0.05) is 6.92 Å². The Morgan fingerprint density at radius 3 is 2.78 bits per heavy atom. The van der Waals surface area contributed by atoms with Gasteiger partial charge in [-0.3, -0.25) is 9.88 Å². The van der Waals surface area contributed by atoms with Gasteiger partial charge in [0, 0.05) is 38.1 Å². The molecule has 1 unspecified atom stereocenters. The lowest BCUT2D eigenvalue weighted by atomic mass is 10.0. The molecule has 1 atom stereocenters. The highest BCUT2D eigenvalue weighted by molar-refractivity contribution is 5.25. The van der Waals surface area contributed by atoms with Crippen molar-refractivity contribution in [2.75, 3.05) is 32.8 Å². The molecule has 0 aliphatic rings. The molecule has 0 radical (unpaired) electrons. The van der Waals surface area contributed by atoms with Crippen LogP contribution in [0.2, 0.25) is 0 Å². The third kappa shape index (κ3) is 4.05. The van der Waals surface area contributed by atoms with Crippen molar-refractivity contribution in [3.63, 3.8) is 0 Å². The predicted molar refractivity (Wildman–Crippen MR) is 74.5 cm³/mol. The molecule has 4 nitrogen and oxygen atoms in total. The normalized spacial score (nSPS) is 12.9. The zero-order valence-electron chi connectivity index (χ0n) is 11.7. The Morgan fingerprint density at radius 1 is 1.44 bits per heavy atom. The average Bonchev–Trinajstić information content (AvgIpc) is 2.39. The first-order valence-electron chi connectivity index (χ1n) is 6.66. The highest BCUT2D eigenvalue weighted by atomic mass is 16.5. The lowest BCUT2D eigenvalue weighted by Gasteiger charge is -2.30. The average molecular weight is 251 g/mol. The molecule has 2 N–H and O–H groups in total. The summed E-state index contributed by atoms with van der Waals surface area (Å²) in [6.45, 7) is 10.3. The summed E-state index contributed by atoms with van der Waals surface area (Å²) in [6, 6.07) is 2.26. The lowest BCUT2D eigenvalue weighted by Crippen LogP contribution is -2.36. The maximum atomic E-state index is 5.94. The van der Waals surface area contributed by atoms with Crippen LogP contribution in [0, 0.1) is 6.92 Å². The molecule has 1 aromatic rings. The van der Waals surface area contributed by atoms with E-state index < -0.39 is 0 Å². The Kier molecular flexibility index (Phi) is 6.86. The summed E-state index contributed by atoms with van der Waals surface area (Å²) >= 11 is 0. The molecule has 4 heteroatoms. The third-order valence-corrected chi connectivity index (χ3v) is 3.24. The van der Waals surface area contributed by atoms with Gasteiger partial charge in [0.1, 0.15) is 0 Å². The Labute approximate surface area is 110 Å². The second kappa shape index (κ2) is 8.19. The Morgan fingerprint density at radius 2 is 2.22 bits per heavy atom.